The highest BCUT2D eigenvalue weighted by atomic mass is 79.9. The minimum atomic E-state index is 0.639. The summed E-state index contributed by atoms with van der Waals surface area (Å²) in [5.74, 6) is 1.70. The van der Waals surface area contributed by atoms with Crippen LogP contribution in [0.4, 0.5) is 5.82 Å². The van der Waals surface area contributed by atoms with Gasteiger partial charge in [-0.3, -0.25) is 0 Å². The second-order valence-electron chi connectivity index (χ2n) is 3.03. The molecule has 0 saturated heterocycles. The van der Waals surface area contributed by atoms with Gasteiger partial charge < -0.3 is 9.88 Å². The van der Waals surface area contributed by atoms with Gasteiger partial charge in [-0.15, -0.1) is 0 Å². The van der Waals surface area contributed by atoms with Crippen molar-refractivity contribution in [1.82, 2.24) is 19.5 Å². The van der Waals surface area contributed by atoms with Gasteiger partial charge in [-0.1, -0.05) is 0 Å². The summed E-state index contributed by atoms with van der Waals surface area (Å²) in [5.41, 5.74) is 0. The third-order valence-electron chi connectivity index (χ3n) is 1.97. The van der Waals surface area contributed by atoms with Crippen LogP contribution >= 0.6 is 15.9 Å². The number of imidazole rings is 1. The summed E-state index contributed by atoms with van der Waals surface area (Å²) in [6, 6.07) is 0. The number of anilines is 1. The smallest absolute Gasteiger partial charge is 0.144 e. The molecule has 0 aliphatic rings. The molecule has 0 aromatic carbocycles. The second kappa shape index (κ2) is 4.39. The van der Waals surface area contributed by atoms with E-state index < -0.39 is 0 Å². The lowest BCUT2D eigenvalue weighted by Gasteiger charge is -2.04. The number of nitrogens with zero attached hydrogens (tertiary/aromatic N) is 4. The highest BCUT2D eigenvalue weighted by Crippen LogP contribution is 2.07. The Bertz CT molecular complexity index is 436. The van der Waals surface area contributed by atoms with Crippen molar-refractivity contribution in [2.45, 2.75) is 6.54 Å². The number of halogens is 1. The van der Waals surface area contributed by atoms with Gasteiger partial charge in [0.15, 0.2) is 0 Å². The maximum Gasteiger partial charge on any atom is 0.144 e. The first-order valence-corrected chi connectivity index (χ1v) is 5.22. The fourth-order valence-electron chi connectivity index (χ4n) is 1.14. The predicted molar refractivity (Wildman–Crippen MR) is 60.3 cm³/mol. The zero-order valence-electron chi connectivity index (χ0n) is 8.18. The molecular weight excluding hydrogens is 258 g/mol. The van der Waals surface area contributed by atoms with Crippen LogP contribution in [0.2, 0.25) is 0 Å². The Kier molecular flexibility index (Phi) is 2.96. The molecule has 5 nitrogen and oxygen atoms in total. The van der Waals surface area contributed by atoms with Crippen molar-refractivity contribution in [3.8, 4) is 0 Å². The molecule has 0 spiro atoms. The summed E-state index contributed by atoms with van der Waals surface area (Å²) in [5, 5.41) is 3.14. The van der Waals surface area contributed by atoms with Crippen LogP contribution in [-0.4, -0.2) is 19.5 Å². The van der Waals surface area contributed by atoms with Gasteiger partial charge in [0.1, 0.15) is 16.2 Å². The molecule has 0 radical (unpaired) electrons. The van der Waals surface area contributed by atoms with Crippen LogP contribution in [0.3, 0.4) is 0 Å². The summed E-state index contributed by atoms with van der Waals surface area (Å²) in [6.07, 6.45) is 7.00. The number of nitrogens with one attached hydrogen (secondary N) is 1. The zero-order chi connectivity index (χ0) is 10.7. The first-order valence-electron chi connectivity index (χ1n) is 4.43. The van der Waals surface area contributed by atoms with Crippen LogP contribution < -0.4 is 5.32 Å². The number of aryl methyl sites for hydroxylation is 1. The van der Waals surface area contributed by atoms with Crippen LogP contribution in [0.15, 0.2) is 29.4 Å². The number of rotatable bonds is 3. The van der Waals surface area contributed by atoms with E-state index in [1.54, 1.807) is 18.6 Å². The molecule has 0 saturated carbocycles. The second-order valence-corrected chi connectivity index (χ2v) is 3.84. The molecule has 6 heteroatoms. The molecule has 2 aromatic heterocycles. The summed E-state index contributed by atoms with van der Waals surface area (Å²) in [4.78, 5) is 12.4. The van der Waals surface area contributed by atoms with Crippen molar-refractivity contribution in [1.29, 1.82) is 0 Å². The number of hydrogen-bond acceptors (Lipinski definition) is 4. The zero-order valence-corrected chi connectivity index (χ0v) is 9.77. The molecule has 2 heterocycles. The topological polar surface area (TPSA) is 55.6 Å². The molecule has 0 fully saturated rings. The van der Waals surface area contributed by atoms with E-state index in [1.807, 2.05) is 17.8 Å². The average Bonchev–Trinajstić information content (AvgIpc) is 2.63. The van der Waals surface area contributed by atoms with Crippen LogP contribution in [0.5, 0.6) is 0 Å². The van der Waals surface area contributed by atoms with Gasteiger partial charge >= 0.3 is 0 Å². The first-order chi connectivity index (χ1) is 7.25. The van der Waals surface area contributed by atoms with Crippen LogP contribution in [0, 0.1) is 0 Å². The highest BCUT2D eigenvalue weighted by Gasteiger charge is 1.99. The maximum absolute atomic E-state index is 4.19. The van der Waals surface area contributed by atoms with Gasteiger partial charge in [-0.25, -0.2) is 15.0 Å². The molecule has 2 aromatic rings. The molecule has 15 heavy (non-hydrogen) atoms. The van der Waals surface area contributed by atoms with Crippen LogP contribution in [0.25, 0.3) is 0 Å². The molecule has 1 N–H and O–H groups in total. The third kappa shape index (κ3) is 2.53. The Balaban J connectivity index is 1.99. The monoisotopic (exact) mass is 267 g/mol. The van der Waals surface area contributed by atoms with E-state index in [9.17, 15) is 0 Å². The lowest BCUT2D eigenvalue weighted by Crippen LogP contribution is -2.06. The van der Waals surface area contributed by atoms with E-state index in [0.29, 0.717) is 6.54 Å². The summed E-state index contributed by atoms with van der Waals surface area (Å²) < 4.78 is 2.68. The van der Waals surface area contributed by atoms with Crippen molar-refractivity contribution < 1.29 is 0 Å². The molecule has 78 valence electrons. The Hall–Kier alpha value is -1.43. The predicted octanol–water partition coefficient (Wildman–Crippen LogP) is 1.58. The lowest BCUT2D eigenvalue weighted by molar-refractivity contribution is 0.810. The van der Waals surface area contributed by atoms with E-state index in [2.05, 4.69) is 36.2 Å². The number of aromatic nitrogens is 4. The highest BCUT2D eigenvalue weighted by molar-refractivity contribution is 9.10. The minimum Gasteiger partial charge on any atom is -0.362 e. The summed E-state index contributed by atoms with van der Waals surface area (Å²) in [6.45, 7) is 0.639. The first kappa shape index (κ1) is 10.1. The fraction of sp³-hybridized carbons (Fsp3) is 0.222. The van der Waals surface area contributed by atoms with Gasteiger partial charge in [-0.05, 0) is 15.9 Å². The minimum absolute atomic E-state index is 0.639. The largest absolute Gasteiger partial charge is 0.362 e. The summed E-state index contributed by atoms with van der Waals surface area (Å²) >= 11 is 3.23. The third-order valence-corrected chi connectivity index (χ3v) is 2.38. The fourth-order valence-corrected chi connectivity index (χ4v) is 1.34. The normalized spacial score (nSPS) is 10.3. The Labute approximate surface area is 95.7 Å². The average molecular weight is 268 g/mol. The van der Waals surface area contributed by atoms with E-state index in [-0.39, 0.29) is 0 Å². The van der Waals surface area contributed by atoms with Crippen molar-refractivity contribution >= 4 is 21.7 Å². The van der Waals surface area contributed by atoms with Gasteiger partial charge in [0.05, 0.1) is 18.9 Å². The van der Waals surface area contributed by atoms with Gasteiger partial charge in [-0.2, -0.15) is 0 Å². The van der Waals surface area contributed by atoms with Crippen molar-refractivity contribution in [2.75, 3.05) is 5.32 Å². The van der Waals surface area contributed by atoms with E-state index in [1.165, 1.54) is 0 Å². The maximum atomic E-state index is 4.19. The van der Waals surface area contributed by atoms with Gasteiger partial charge in [0.25, 0.3) is 0 Å². The van der Waals surface area contributed by atoms with Crippen LogP contribution in [-0.2, 0) is 13.6 Å². The molecular formula is C9H10BrN5. The van der Waals surface area contributed by atoms with Crippen molar-refractivity contribution in [3.63, 3.8) is 0 Å². The molecule has 2 rings (SSSR count). The summed E-state index contributed by atoms with van der Waals surface area (Å²) in [7, 11) is 1.96. The van der Waals surface area contributed by atoms with Gasteiger partial charge in [0, 0.05) is 19.4 Å². The standard InChI is InChI=1S/C9H10BrN5/c1-15-3-2-11-9(15)6-14-8-5-12-7(10)4-13-8/h2-5H,6H2,1H3,(H,13,14). The molecule has 0 aliphatic carbocycles. The number of hydrogen-bond donors (Lipinski definition) is 1. The Morgan fingerprint density at radius 2 is 2.20 bits per heavy atom. The molecule has 0 amide bonds. The quantitative estimate of drug-likeness (QED) is 0.918. The van der Waals surface area contributed by atoms with Crippen LogP contribution in [0.1, 0.15) is 5.82 Å². The van der Waals surface area contributed by atoms with Crippen molar-refractivity contribution in [2.24, 2.45) is 7.05 Å². The van der Waals surface area contributed by atoms with E-state index >= 15 is 0 Å². The SMILES string of the molecule is Cn1ccnc1CNc1cnc(Br)cn1. The Morgan fingerprint density at radius 1 is 1.33 bits per heavy atom. The molecule has 0 atom stereocenters. The molecule has 0 aliphatic heterocycles. The molecule has 0 unspecified atom stereocenters. The van der Waals surface area contributed by atoms with E-state index in [0.717, 1.165) is 16.2 Å². The molecule has 0 bridgehead atoms. The lowest BCUT2D eigenvalue weighted by atomic mass is 10.5. The van der Waals surface area contributed by atoms with Crippen molar-refractivity contribution in [3.05, 3.63) is 35.2 Å². The Morgan fingerprint density at radius 3 is 2.80 bits per heavy atom. The van der Waals surface area contributed by atoms with E-state index in [4.69, 9.17) is 0 Å². The van der Waals surface area contributed by atoms with Gasteiger partial charge in [0.2, 0.25) is 0 Å².